The number of benzene rings is 2. The Hall–Kier alpha value is -2.40. The Bertz CT molecular complexity index is 665. The standard InChI is InChI=1S/C18H22N2O3/c1-2-23-11-10-19-18(22)13-20-17(21)12-15-8-5-7-14-6-3-4-9-16(14)15/h3-9H,2,10-13H2,1H3,(H,19,22)(H,20,21). The molecule has 0 saturated carbocycles. The molecule has 2 aromatic carbocycles. The van der Waals surface area contributed by atoms with Gasteiger partial charge in [0.25, 0.3) is 0 Å². The predicted octanol–water partition coefficient (Wildman–Crippen LogP) is 1.65. The first-order valence-corrected chi connectivity index (χ1v) is 7.78. The summed E-state index contributed by atoms with van der Waals surface area (Å²) in [4.78, 5) is 23.6. The van der Waals surface area contributed by atoms with E-state index in [4.69, 9.17) is 4.74 Å². The minimum atomic E-state index is -0.212. The van der Waals surface area contributed by atoms with Crippen molar-refractivity contribution in [1.82, 2.24) is 10.6 Å². The number of nitrogens with one attached hydrogen (secondary N) is 2. The highest BCUT2D eigenvalue weighted by molar-refractivity contribution is 5.91. The van der Waals surface area contributed by atoms with Crippen molar-refractivity contribution in [1.29, 1.82) is 0 Å². The van der Waals surface area contributed by atoms with Crippen LogP contribution in [0.4, 0.5) is 0 Å². The maximum Gasteiger partial charge on any atom is 0.239 e. The molecule has 23 heavy (non-hydrogen) atoms. The molecule has 5 heteroatoms. The van der Waals surface area contributed by atoms with E-state index in [2.05, 4.69) is 10.6 Å². The molecule has 0 bridgehead atoms. The second kappa shape index (κ2) is 8.90. The largest absolute Gasteiger partial charge is 0.380 e. The van der Waals surface area contributed by atoms with Crippen molar-refractivity contribution < 1.29 is 14.3 Å². The minimum Gasteiger partial charge on any atom is -0.380 e. The topological polar surface area (TPSA) is 67.4 Å². The van der Waals surface area contributed by atoms with Crippen LogP contribution in [-0.4, -0.2) is 38.1 Å². The highest BCUT2D eigenvalue weighted by Gasteiger charge is 2.08. The van der Waals surface area contributed by atoms with Gasteiger partial charge in [-0.1, -0.05) is 42.5 Å². The van der Waals surface area contributed by atoms with Gasteiger partial charge in [-0.05, 0) is 23.3 Å². The van der Waals surface area contributed by atoms with Crippen molar-refractivity contribution >= 4 is 22.6 Å². The summed E-state index contributed by atoms with van der Waals surface area (Å²) >= 11 is 0. The summed E-state index contributed by atoms with van der Waals surface area (Å²) < 4.78 is 5.13. The number of amides is 2. The molecule has 0 radical (unpaired) electrons. The van der Waals surface area contributed by atoms with Crippen LogP contribution in [-0.2, 0) is 20.7 Å². The van der Waals surface area contributed by atoms with E-state index < -0.39 is 0 Å². The number of carbonyl (C=O) groups excluding carboxylic acids is 2. The van der Waals surface area contributed by atoms with Crippen LogP contribution >= 0.6 is 0 Å². The summed E-state index contributed by atoms with van der Waals surface area (Å²) in [6.45, 7) is 3.43. The van der Waals surface area contributed by atoms with Crippen molar-refractivity contribution in [2.45, 2.75) is 13.3 Å². The van der Waals surface area contributed by atoms with Crippen molar-refractivity contribution in [3.8, 4) is 0 Å². The number of ether oxygens (including phenoxy) is 1. The fourth-order valence-corrected chi connectivity index (χ4v) is 2.33. The van der Waals surface area contributed by atoms with E-state index in [0.29, 0.717) is 19.8 Å². The average molecular weight is 314 g/mol. The third-order valence-electron chi connectivity index (χ3n) is 3.45. The number of hydrogen-bond acceptors (Lipinski definition) is 3. The molecular weight excluding hydrogens is 292 g/mol. The second-order valence-corrected chi connectivity index (χ2v) is 5.14. The molecule has 5 nitrogen and oxygen atoms in total. The van der Waals surface area contributed by atoms with Gasteiger partial charge in [-0.15, -0.1) is 0 Å². The lowest BCUT2D eigenvalue weighted by Gasteiger charge is -2.08. The Morgan fingerprint density at radius 2 is 1.78 bits per heavy atom. The Morgan fingerprint density at radius 3 is 2.61 bits per heavy atom. The van der Waals surface area contributed by atoms with E-state index >= 15 is 0 Å². The summed E-state index contributed by atoms with van der Waals surface area (Å²) in [5.74, 6) is -0.378. The van der Waals surface area contributed by atoms with Crippen molar-refractivity contribution in [2.24, 2.45) is 0 Å². The third kappa shape index (κ3) is 5.38. The summed E-state index contributed by atoms with van der Waals surface area (Å²) in [6, 6.07) is 13.8. The molecule has 122 valence electrons. The van der Waals surface area contributed by atoms with E-state index in [9.17, 15) is 9.59 Å². The maximum atomic E-state index is 12.0. The van der Waals surface area contributed by atoms with Crippen molar-refractivity contribution in [2.75, 3.05) is 26.3 Å². The highest BCUT2D eigenvalue weighted by atomic mass is 16.5. The molecule has 0 aliphatic heterocycles. The summed E-state index contributed by atoms with van der Waals surface area (Å²) in [7, 11) is 0. The van der Waals surface area contributed by atoms with Gasteiger partial charge in [-0.2, -0.15) is 0 Å². The number of rotatable bonds is 8. The molecule has 0 spiro atoms. The van der Waals surface area contributed by atoms with E-state index in [-0.39, 0.29) is 24.8 Å². The van der Waals surface area contributed by atoms with Gasteiger partial charge in [0.2, 0.25) is 11.8 Å². The molecule has 0 unspecified atom stereocenters. The first-order valence-electron chi connectivity index (χ1n) is 7.78. The molecule has 2 amide bonds. The molecule has 2 rings (SSSR count). The zero-order valence-corrected chi connectivity index (χ0v) is 13.3. The summed E-state index contributed by atoms with van der Waals surface area (Å²) in [5.41, 5.74) is 0.956. The smallest absolute Gasteiger partial charge is 0.239 e. The first-order chi connectivity index (χ1) is 11.2. The molecule has 0 atom stereocenters. The van der Waals surface area contributed by atoms with Crippen LogP contribution in [0, 0.1) is 0 Å². The molecule has 0 aliphatic carbocycles. The van der Waals surface area contributed by atoms with E-state index in [1.54, 1.807) is 0 Å². The number of hydrogen-bond donors (Lipinski definition) is 2. The summed E-state index contributed by atoms with van der Waals surface area (Å²) in [5, 5.41) is 7.50. The fraction of sp³-hybridized carbons (Fsp3) is 0.333. The van der Waals surface area contributed by atoms with Crippen LogP contribution in [0.5, 0.6) is 0 Å². The van der Waals surface area contributed by atoms with Gasteiger partial charge in [0.1, 0.15) is 0 Å². The van der Waals surface area contributed by atoms with Crippen molar-refractivity contribution in [3.63, 3.8) is 0 Å². The molecule has 2 aromatic rings. The van der Waals surface area contributed by atoms with Crippen LogP contribution in [0.25, 0.3) is 10.8 Å². The predicted molar refractivity (Wildman–Crippen MR) is 90.2 cm³/mol. The monoisotopic (exact) mass is 314 g/mol. The quantitative estimate of drug-likeness (QED) is 0.728. The van der Waals surface area contributed by atoms with Crippen LogP contribution in [0.2, 0.25) is 0 Å². The van der Waals surface area contributed by atoms with Gasteiger partial charge in [-0.25, -0.2) is 0 Å². The van der Waals surface area contributed by atoms with Gasteiger partial charge >= 0.3 is 0 Å². The minimum absolute atomic E-state index is 0.0181. The van der Waals surface area contributed by atoms with Gasteiger partial charge in [0.05, 0.1) is 19.6 Å². The van der Waals surface area contributed by atoms with Crippen LogP contribution in [0.15, 0.2) is 42.5 Å². The van der Waals surface area contributed by atoms with Crippen LogP contribution < -0.4 is 10.6 Å². The lowest BCUT2D eigenvalue weighted by molar-refractivity contribution is -0.125. The maximum absolute atomic E-state index is 12.0. The second-order valence-electron chi connectivity index (χ2n) is 5.14. The lowest BCUT2D eigenvalue weighted by atomic mass is 10.0. The van der Waals surface area contributed by atoms with Gasteiger partial charge in [-0.3, -0.25) is 9.59 Å². The lowest BCUT2D eigenvalue weighted by Crippen LogP contribution is -2.38. The van der Waals surface area contributed by atoms with Crippen molar-refractivity contribution in [3.05, 3.63) is 48.0 Å². The zero-order chi connectivity index (χ0) is 16.5. The van der Waals surface area contributed by atoms with E-state index in [1.807, 2.05) is 49.4 Å². The highest BCUT2D eigenvalue weighted by Crippen LogP contribution is 2.18. The molecule has 0 aromatic heterocycles. The molecule has 0 fully saturated rings. The normalized spacial score (nSPS) is 10.5. The zero-order valence-electron chi connectivity index (χ0n) is 13.3. The van der Waals surface area contributed by atoms with E-state index in [0.717, 1.165) is 16.3 Å². The fourth-order valence-electron chi connectivity index (χ4n) is 2.33. The first kappa shape index (κ1) is 17.0. The molecule has 0 heterocycles. The van der Waals surface area contributed by atoms with Gasteiger partial charge < -0.3 is 15.4 Å². The summed E-state index contributed by atoms with van der Waals surface area (Å²) in [6.07, 6.45) is 0.258. The van der Waals surface area contributed by atoms with E-state index in [1.165, 1.54) is 0 Å². The van der Waals surface area contributed by atoms with Crippen LogP contribution in [0.1, 0.15) is 12.5 Å². The third-order valence-corrected chi connectivity index (χ3v) is 3.45. The van der Waals surface area contributed by atoms with Gasteiger partial charge in [0, 0.05) is 13.2 Å². The number of fused-ring (bicyclic) bond motifs is 1. The SMILES string of the molecule is CCOCCNC(=O)CNC(=O)Cc1cccc2ccccc12. The Morgan fingerprint density at radius 1 is 1.00 bits per heavy atom. The molecule has 0 aliphatic rings. The number of carbonyl (C=O) groups is 2. The molecule has 2 N–H and O–H groups in total. The van der Waals surface area contributed by atoms with Gasteiger partial charge in [0.15, 0.2) is 0 Å². The Labute approximate surface area is 136 Å². The average Bonchev–Trinajstić information content (AvgIpc) is 2.57. The Balaban J connectivity index is 1.81. The van der Waals surface area contributed by atoms with Crippen LogP contribution in [0.3, 0.4) is 0 Å². The molecular formula is C18H22N2O3. The molecule has 0 saturated heterocycles. The Kier molecular flexibility index (Phi) is 6.56.